The molecule has 0 saturated heterocycles. The first-order chi connectivity index (χ1) is 5.27. The van der Waals surface area contributed by atoms with E-state index in [2.05, 4.69) is 41.1 Å². The molecule has 1 fully saturated rings. The molecule has 0 unspecified atom stereocenters. The Kier molecular flexibility index (Phi) is 1.76. The first-order valence-corrected chi connectivity index (χ1v) is 4.83. The minimum Gasteiger partial charge on any atom is -0.0579 e. The molecule has 0 heterocycles. The van der Waals surface area contributed by atoms with E-state index in [1.807, 2.05) is 0 Å². The molecule has 0 spiro atoms. The second-order valence-corrected chi connectivity index (χ2v) is 4.19. The molecule has 0 aromatic heterocycles. The summed E-state index contributed by atoms with van der Waals surface area (Å²) in [5.41, 5.74) is 2.98. The molecule has 1 aromatic rings. The van der Waals surface area contributed by atoms with Crippen LogP contribution in [-0.2, 0) is 0 Å². The molecule has 1 heteroatoms. The van der Waals surface area contributed by atoms with Crippen LogP contribution in [0.5, 0.6) is 0 Å². The summed E-state index contributed by atoms with van der Waals surface area (Å²) in [4.78, 5) is 0. The highest BCUT2D eigenvalue weighted by Gasteiger charge is 2.24. The van der Waals surface area contributed by atoms with Gasteiger partial charge in [-0.2, -0.15) is 0 Å². The predicted molar refractivity (Wildman–Crippen MR) is 50.9 cm³/mol. The lowest BCUT2D eigenvalue weighted by Gasteiger charge is -2.03. The van der Waals surface area contributed by atoms with Gasteiger partial charge in [-0.15, -0.1) is 0 Å². The van der Waals surface area contributed by atoms with E-state index in [1.165, 1.54) is 22.9 Å². The van der Waals surface area contributed by atoms with Gasteiger partial charge in [0.05, 0.1) is 0 Å². The molecular formula is C10H11Br. The van der Waals surface area contributed by atoms with Crippen molar-refractivity contribution < 1.29 is 0 Å². The summed E-state index contributed by atoms with van der Waals surface area (Å²) in [7, 11) is 0. The monoisotopic (exact) mass is 210 g/mol. The van der Waals surface area contributed by atoms with Crippen molar-refractivity contribution in [3.63, 3.8) is 0 Å². The molecule has 0 N–H and O–H groups in total. The molecule has 2 rings (SSSR count). The van der Waals surface area contributed by atoms with Crippen LogP contribution in [0.25, 0.3) is 0 Å². The minimum atomic E-state index is 0.868. The summed E-state index contributed by atoms with van der Waals surface area (Å²) >= 11 is 3.49. The van der Waals surface area contributed by atoms with Gasteiger partial charge in [-0.1, -0.05) is 22.0 Å². The first kappa shape index (κ1) is 7.35. The molecular weight excluding hydrogens is 200 g/mol. The van der Waals surface area contributed by atoms with E-state index in [0.717, 1.165) is 5.92 Å². The van der Waals surface area contributed by atoms with Crippen LogP contribution in [0.2, 0.25) is 0 Å². The van der Waals surface area contributed by atoms with Crippen molar-refractivity contribution in [2.24, 2.45) is 0 Å². The Morgan fingerprint density at radius 2 is 2.09 bits per heavy atom. The maximum Gasteiger partial charge on any atom is 0.0178 e. The van der Waals surface area contributed by atoms with Crippen molar-refractivity contribution in [3.05, 3.63) is 33.8 Å². The molecule has 0 aliphatic heterocycles. The molecule has 1 saturated carbocycles. The van der Waals surface area contributed by atoms with Crippen LogP contribution < -0.4 is 0 Å². The average molecular weight is 211 g/mol. The number of hydrogen-bond acceptors (Lipinski definition) is 0. The van der Waals surface area contributed by atoms with Gasteiger partial charge >= 0.3 is 0 Å². The highest BCUT2D eigenvalue weighted by molar-refractivity contribution is 9.10. The Morgan fingerprint density at radius 3 is 2.73 bits per heavy atom. The average Bonchev–Trinajstić information content (AvgIpc) is 2.76. The third-order valence-electron chi connectivity index (χ3n) is 2.26. The fraction of sp³-hybridized carbons (Fsp3) is 0.400. The largest absolute Gasteiger partial charge is 0.0579 e. The molecule has 1 aliphatic rings. The van der Waals surface area contributed by atoms with Crippen LogP contribution >= 0.6 is 15.9 Å². The highest BCUT2D eigenvalue weighted by atomic mass is 79.9. The van der Waals surface area contributed by atoms with Crippen molar-refractivity contribution >= 4 is 15.9 Å². The third kappa shape index (κ3) is 1.48. The minimum absolute atomic E-state index is 0.868. The summed E-state index contributed by atoms with van der Waals surface area (Å²) < 4.78 is 1.21. The zero-order chi connectivity index (χ0) is 7.84. The fourth-order valence-corrected chi connectivity index (χ4v) is 1.82. The molecule has 0 nitrogen and oxygen atoms in total. The van der Waals surface area contributed by atoms with Crippen LogP contribution in [0.4, 0.5) is 0 Å². The van der Waals surface area contributed by atoms with Gasteiger partial charge in [0.2, 0.25) is 0 Å². The summed E-state index contributed by atoms with van der Waals surface area (Å²) in [6, 6.07) is 6.56. The molecule has 58 valence electrons. The molecule has 0 atom stereocenters. The van der Waals surface area contributed by atoms with Crippen LogP contribution in [0.15, 0.2) is 22.7 Å². The van der Waals surface area contributed by atoms with Crippen molar-refractivity contribution in [1.82, 2.24) is 0 Å². The maximum absolute atomic E-state index is 3.49. The molecule has 0 bridgehead atoms. The quantitative estimate of drug-likeness (QED) is 0.665. The second kappa shape index (κ2) is 2.63. The van der Waals surface area contributed by atoms with Gasteiger partial charge in [-0.3, -0.25) is 0 Å². The Hall–Kier alpha value is -0.300. The summed E-state index contributed by atoms with van der Waals surface area (Å²) in [6.45, 7) is 2.19. The number of rotatable bonds is 1. The van der Waals surface area contributed by atoms with Gasteiger partial charge in [0.15, 0.2) is 0 Å². The topological polar surface area (TPSA) is 0 Å². The van der Waals surface area contributed by atoms with E-state index in [0.29, 0.717) is 0 Å². The Bertz CT molecular complexity index is 274. The summed E-state index contributed by atoms with van der Waals surface area (Å²) in [6.07, 6.45) is 2.77. The van der Waals surface area contributed by atoms with E-state index in [1.54, 1.807) is 5.56 Å². The molecule has 1 aromatic carbocycles. The summed E-state index contributed by atoms with van der Waals surface area (Å²) in [5, 5.41) is 0. The Balaban J connectivity index is 2.42. The zero-order valence-corrected chi connectivity index (χ0v) is 8.19. The maximum atomic E-state index is 3.49. The van der Waals surface area contributed by atoms with Crippen LogP contribution in [0.3, 0.4) is 0 Å². The number of benzene rings is 1. The van der Waals surface area contributed by atoms with Gasteiger partial charge in [0.25, 0.3) is 0 Å². The lowest BCUT2D eigenvalue weighted by molar-refractivity contribution is 1.09. The lowest BCUT2D eigenvalue weighted by Crippen LogP contribution is -1.84. The normalized spacial score (nSPS) is 16.9. The second-order valence-electron chi connectivity index (χ2n) is 3.28. The SMILES string of the molecule is Cc1ccc(Br)cc1C1CC1. The predicted octanol–water partition coefficient (Wildman–Crippen LogP) is 3.63. The lowest BCUT2D eigenvalue weighted by atomic mass is 10.1. The van der Waals surface area contributed by atoms with Gasteiger partial charge in [-0.25, -0.2) is 0 Å². The zero-order valence-electron chi connectivity index (χ0n) is 6.60. The molecule has 11 heavy (non-hydrogen) atoms. The van der Waals surface area contributed by atoms with Crippen LogP contribution in [-0.4, -0.2) is 0 Å². The molecule has 0 radical (unpaired) electrons. The van der Waals surface area contributed by atoms with Crippen molar-refractivity contribution in [2.75, 3.05) is 0 Å². The van der Waals surface area contributed by atoms with E-state index in [9.17, 15) is 0 Å². The van der Waals surface area contributed by atoms with Crippen molar-refractivity contribution in [1.29, 1.82) is 0 Å². The smallest absolute Gasteiger partial charge is 0.0178 e. The standard InChI is InChI=1S/C10H11Br/c1-7-2-5-9(11)6-10(7)8-3-4-8/h2,5-6,8H,3-4H2,1H3. The van der Waals surface area contributed by atoms with E-state index < -0.39 is 0 Å². The Labute approximate surface area is 75.8 Å². The van der Waals surface area contributed by atoms with Crippen LogP contribution in [0.1, 0.15) is 29.9 Å². The van der Waals surface area contributed by atoms with Gasteiger partial charge in [-0.05, 0) is 48.9 Å². The van der Waals surface area contributed by atoms with E-state index in [4.69, 9.17) is 0 Å². The van der Waals surface area contributed by atoms with Gasteiger partial charge in [0, 0.05) is 4.47 Å². The fourth-order valence-electron chi connectivity index (χ4n) is 1.45. The molecule has 0 amide bonds. The number of halogens is 1. The van der Waals surface area contributed by atoms with Crippen molar-refractivity contribution in [2.45, 2.75) is 25.7 Å². The van der Waals surface area contributed by atoms with Gasteiger partial charge in [0.1, 0.15) is 0 Å². The Morgan fingerprint density at radius 1 is 1.36 bits per heavy atom. The van der Waals surface area contributed by atoms with E-state index >= 15 is 0 Å². The molecule has 1 aliphatic carbocycles. The van der Waals surface area contributed by atoms with Crippen LogP contribution in [0, 0.1) is 6.92 Å². The van der Waals surface area contributed by atoms with E-state index in [-0.39, 0.29) is 0 Å². The number of hydrogen-bond donors (Lipinski definition) is 0. The highest BCUT2D eigenvalue weighted by Crippen LogP contribution is 2.42. The number of aryl methyl sites for hydroxylation is 1. The van der Waals surface area contributed by atoms with Gasteiger partial charge < -0.3 is 0 Å². The third-order valence-corrected chi connectivity index (χ3v) is 2.75. The van der Waals surface area contributed by atoms with Crippen molar-refractivity contribution in [3.8, 4) is 0 Å². The summed E-state index contributed by atoms with van der Waals surface area (Å²) in [5.74, 6) is 0.868. The first-order valence-electron chi connectivity index (χ1n) is 4.03.